The summed E-state index contributed by atoms with van der Waals surface area (Å²) in [6.07, 6.45) is 9.43. The van der Waals surface area contributed by atoms with Gasteiger partial charge in [0.1, 0.15) is 0 Å². The molecule has 0 fully saturated rings. The summed E-state index contributed by atoms with van der Waals surface area (Å²) in [6, 6.07) is 7.07. The van der Waals surface area contributed by atoms with Crippen molar-refractivity contribution in [3.8, 4) is 0 Å². The van der Waals surface area contributed by atoms with Crippen molar-refractivity contribution in [2.24, 2.45) is 0 Å². The zero-order chi connectivity index (χ0) is 14.1. The van der Waals surface area contributed by atoms with Crippen LogP contribution in [0, 0.1) is 6.92 Å². The first kappa shape index (κ1) is 16.7. The molecule has 0 heterocycles. The molecule has 2 heteroatoms. The second kappa shape index (κ2) is 9.55. The van der Waals surface area contributed by atoms with Crippen LogP contribution in [0.1, 0.15) is 69.0 Å². The van der Waals surface area contributed by atoms with Gasteiger partial charge in [-0.25, -0.2) is 0 Å². The summed E-state index contributed by atoms with van der Waals surface area (Å²) in [7, 11) is 2.07. The second-order valence-electron chi connectivity index (χ2n) is 5.40. The number of halogens is 1. The van der Waals surface area contributed by atoms with Gasteiger partial charge in [0.15, 0.2) is 0 Å². The van der Waals surface area contributed by atoms with Gasteiger partial charge >= 0.3 is 0 Å². The van der Waals surface area contributed by atoms with Crippen LogP contribution in [0.25, 0.3) is 0 Å². The van der Waals surface area contributed by atoms with E-state index in [1.807, 2.05) is 0 Å². The highest BCUT2D eigenvalue weighted by molar-refractivity contribution is 9.10. The summed E-state index contributed by atoms with van der Waals surface area (Å²) in [6.45, 7) is 4.47. The lowest BCUT2D eigenvalue weighted by Gasteiger charge is -2.19. The Morgan fingerprint density at radius 2 is 1.79 bits per heavy atom. The molecule has 0 saturated carbocycles. The molecule has 19 heavy (non-hydrogen) atoms. The normalized spacial score (nSPS) is 12.6. The molecule has 1 N–H and O–H groups in total. The van der Waals surface area contributed by atoms with Gasteiger partial charge in [-0.1, -0.05) is 67.4 Å². The third-order valence-electron chi connectivity index (χ3n) is 3.81. The van der Waals surface area contributed by atoms with E-state index in [0.29, 0.717) is 6.04 Å². The second-order valence-corrected chi connectivity index (χ2v) is 6.31. The molecule has 0 spiro atoms. The van der Waals surface area contributed by atoms with Crippen LogP contribution < -0.4 is 5.32 Å². The van der Waals surface area contributed by atoms with E-state index in [1.165, 1.54) is 60.5 Å². The van der Waals surface area contributed by atoms with Crippen molar-refractivity contribution >= 4 is 15.9 Å². The maximum absolute atomic E-state index is 3.58. The van der Waals surface area contributed by atoms with Crippen LogP contribution in [0.5, 0.6) is 0 Å². The maximum atomic E-state index is 3.58. The van der Waals surface area contributed by atoms with Crippen molar-refractivity contribution in [2.75, 3.05) is 7.05 Å². The van der Waals surface area contributed by atoms with E-state index < -0.39 is 0 Å². The highest BCUT2D eigenvalue weighted by atomic mass is 79.9. The Bertz CT molecular complexity index is 362. The number of nitrogens with one attached hydrogen (secondary N) is 1. The molecule has 0 saturated heterocycles. The average molecular weight is 326 g/mol. The van der Waals surface area contributed by atoms with E-state index in [2.05, 4.69) is 60.3 Å². The van der Waals surface area contributed by atoms with Crippen LogP contribution >= 0.6 is 15.9 Å². The third-order valence-corrected chi connectivity index (χ3v) is 4.30. The Morgan fingerprint density at radius 1 is 1.11 bits per heavy atom. The first-order chi connectivity index (χ1) is 9.19. The van der Waals surface area contributed by atoms with Gasteiger partial charge in [-0.3, -0.25) is 0 Å². The number of hydrogen-bond donors (Lipinski definition) is 1. The molecule has 0 radical (unpaired) electrons. The van der Waals surface area contributed by atoms with Crippen molar-refractivity contribution in [3.63, 3.8) is 0 Å². The molecule has 0 aliphatic rings. The molecule has 1 aromatic carbocycles. The zero-order valence-corrected chi connectivity index (χ0v) is 14.2. The number of aryl methyl sites for hydroxylation is 1. The summed E-state index contributed by atoms with van der Waals surface area (Å²) in [4.78, 5) is 0. The quantitative estimate of drug-likeness (QED) is 0.568. The molecular weight excluding hydrogens is 298 g/mol. The summed E-state index contributed by atoms with van der Waals surface area (Å²) in [5.41, 5.74) is 2.82. The van der Waals surface area contributed by atoms with E-state index in [4.69, 9.17) is 0 Å². The highest BCUT2D eigenvalue weighted by Crippen LogP contribution is 2.26. The van der Waals surface area contributed by atoms with Gasteiger partial charge in [0.05, 0.1) is 0 Å². The van der Waals surface area contributed by atoms with Gasteiger partial charge in [0.25, 0.3) is 0 Å². The fourth-order valence-electron chi connectivity index (χ4n) is 2.57. The lowest BCUT2D eigenvalue weighted by molar-refractivity contribution is 0.496. The number of hydrogen-bond acceptors (Lipinski definition) is 1. The van der Waals surface area contributed by atoms with Crippen molar-refractivity contribution in [2.45, 2.75) is 64.8 Å². The van der Waals surface area contributed by atoms with Gasteiger partial charge in [-0.2, -0.15) is 0 Å². The number of unbranched alkanes of at least 4 members (excludes halogenated alkanes) is 5. The first-order valence-corrected chi connectivity index (χ1v) is 8.41. The summed E-state index contributed by atoms with van der Waals surface area (Å²) < 4.78 is 1.18. The van der Waals surface area contributed by atoms with Crippen LogP contribution in [0.15, 0.2) is 22.7 Å². The van der Waals surface area contributed by atoms with Crippen LogP contribution in [-0.2, 0) is 0 Å². The van der Waals surface area contributed by atoms with Crippen LogP contribution in [0.4, 0.5) is 0 Å². The fraction of sp³-hybridized carbons (Fsp3) is 0.647. The monoisotopic (exact) mass is 325 g/mol. The van der Waals surface area contributed by atoms with E-state index in [-0.39, 0.29) is 0 Å². The molecule has 1 nitrogen and oxygen atoms in total. The van der Waals surface area contributed by atoms with Gasteiger partial charge in [-0.15, -0.1) is 0 Å². The summed E-state index contributed by atoms with van der Waals surface area (Å²) >= 11 is 3.58. The largest absolute Gasteiger partial charge is 0.313 e. The van der Waals surface area contributed by atoms with E-state index in [0.717, 1.165) is 0 Å². The van der Waals surface area contributed by atoms with Crippen molar-refractivity contribution in [1.29, 1.82) is 0 Å². The SMILES string of the molecule is CCCCCCCCC(NC)c1cc(Br)ccc1C. The van der Waals surface area contributed by atoms with Gasteiger partial charge in [0.2, 0.25) is 0 Å². The summed E-state index contributed by atoms with van der Waals surface area (Å²) in [5, 5.41) is 3.47. The molecule has 1 atom stereocenters. The maximum Gasteiger partial charge on any atom is 0.0320 e. The summed E-state index contributed by atoms with van der Waals surface area (Å²) in [5.74, 6) is 0. The van der Waals surface area contributed by atoms with Gasteiger partial charge < -0.3 is 5.32 Å². The van der Waals surface area contributed by atoms with Gasteiger partial charge in [-0.05, 0) is 43.7 Å². The minimum Gasteiger partial charge on any atom is -0.313 e. The number of benzene rings is 1. The van der Waals surface area contributed by atoms with Crippen LogP contribution in [0.3, 0.4) is 0 Å². The molecule has 1 rings (SSSR count). The molecule has 0 bridgehead atoms. The first-order valence-electron chi connectivity index (χ1n) is 7.62. The van der Waals surface area contributed by atoms with Crippen molar-refractivity contribution in [3.05, 3.63) is 33.8 Å². The Kier molecular flexibility index (Phi) is 8.40. The molecule has 0 aliphatic heterocycles. The third kappa shape index (κ3) is 6.09. The minimum atomic E-state index is 0.490. The molecule has 0 aliphatic carbocycles. The van der Waals surface area contributed by atoms with E-state index in [1.54, 1.807) is 0 Å². The van der Waals surface area contributed by atoms with Crippen LogP contribution in [-0.4, -0.2) is 7.05 Å². The topological polar surface area (TPSA) is 12.0 Å². The molecular formula is C17H28BrN. The number of rotatable bonds is 9. The van der Waals surface area contributed by atoms with Gasteiger partial charge in [0, 0.05) is 10.5 Å². The van der Waals surface area contributed by atoms with Crippen LogP contribution in [0.2, 0.25) is 0 Å². The molecule has 1 aromatic rings. The van der Waals surface area contributed by atoms with E-state index in [9.17, 15) is 0 Å². The fourth-order valence-corrected chi connectivity index (χ4v) is 2.95. The predicted molar refractivity (Wildman–Crippen MR) is 88.7 cm³/mol. The predicted octanol–water partition coefficient (Wildman–Crippen LogP) is 5.77. The van der Waals surface area contributed by atoms with Crippen molar-refractivity contribution < 1.29 is 0 Å². The Labute approximate surface area is 127 Å². The van der Waals surface area contributed by atoms with E-state index >= 15 is 0 Å². The van der Waals surface area contributed by atoms with Crippen molar-refractivity contribution in [1.82, 2.24) is 5.32 Å². The Balaban J connectivity index is 2.42. The Hall–Kier alpha value is -0.340. The highest BCUT2D eigenvalue weighted by Gasteiger charge is 2.11. The molecule has 108 valence electrons. The molecule has 1 unspecified atom stereocenters. The standard InChI is InChI=1S/C17H28BrN/c1-4-5-6-7-8-9-10-17(19-3)16-13-15(18)12-11-14(16)2/h11-13,17,19H,4-10H2,1-3H3. The minimum absolute atomic E-state index is 0.490. The Morgan fingerprint density at radius 3 is 2.47 bits per heavy atom. The molecule has 0 aromatic heterocycles. The zero-order valence-electron chi connectivity index (χ0n) is 12.6. The lowest BCUT2D eigenvalue weighted by Crippen LogP contribution is -2.17. The average Bonchev–Trinajstić information content (AvgIpc) is 2.41. The molecule has 0 amide bonds. The smallest absolute Gasteiger partial charge is 0.0320 e. The lowest BCUT2D eigenvalue weighted by atomic mass is 9.96.